The second-order valence-electron chi connectivity index (χ2n) is 5.18. The normalized spacial score (nSPS) is 14.1. The van der Waals surface area contributed by atoms with Gasteiger partial charge in [0.1, 0.15) is 0 Å². The number of amides is 1. The van der Waals surface area contributed by atoms with E-state index in [1.54, 1.807) is 0 Å². The summed E-state index contributed by atoms with van der Waals surface area (Å²) >= 11 is 5.88. The maximum atomic E-state index is 12.1. The Hall–Kier alpha value is -1.06. The summed E-state index contributed by atoms with van der Waals surface area (Å²) in [7, 11) is 0. The third-order valence-electron chi connectivity index (χ3n) is 3.60. The van der Waals surface area contributed by atoms with Gasteiger partial charge in [-0.25, -0.2) is 0 Å². The monoisotopic (exact) mass is 296 g/mol. The van der Waals surface area contributed by atoms with Gasteiger partial charge in [0.15, 0.2) is 0 Å². The molecule has 2 N–H and O–H groups in total. The molecule has 1 rings (SSSR count). The minimum atomic E-state index is -0.221. The molecule has 0 heterocycles. The minimum Gasteiger partial charge on any atom is -0.352 e. The van der Waals surface area contributed by atoms with Crippen molar-refractivity contribution in [2.75, 3.05) is 0 Å². The van der Waals surface area contributed by atoms with E-state index in [4.69, 9.17) is 11.6 Å². The number of halogens is 1. The Morgan fingerprint density at radius 1 is 1.15 bits per heavy atom. The average Bonchev–Trinajstić information content (AvgIpc) is 2.44. The van der Waals surface area contributed by atoms with Crippen molar-refractivity contribution in [1.82, 2.24) is 10.6 Å². The van der Waals surface area contributed by atoms with Gasteiger partial charge < -0.3 is 5.32 Å². The molecule has 2 atom stereocenters. The van der Waals surface area contributed by atoms with Crippen LogP contribution in [0.1, 0.15) is 52.1 Å². The molecule has 3 nitrogen and oxygen atoms in total. The Morgan fingerprint density at radius 2 is 1.70 bits per heavy atom. The molecule has 0 fully saturated rings. The molecular weight excluding hydrogens is 272 g/mol. The van der Waals surface area contributed by atoms with Crippen molar-refractivity contribution in [1.29, 1.82) is 0 Å². The van der Waals surface area contributed by atoms with Crippen LogP contribution in [-0.4, -0.2) is 18.0 Å². The summed E-state index contributed by atoms with van der Waals surface area (Å²) in [6.07, 6.45) is 1.92. The number of carbonyl (C=O) groups excluding carboxylic acids is 1. The van der Waals surface area contributed by atoms with Crippen molar-refractivity contribution < 1.29 is 4.79 Å². The Morgan fingerprint density at radius 3 is 2.20 bits per heavy atom. The highest BCUT2D eigenvalue weighted by Crippen LogP contribution is 2.16. The zero-order valence-electron chi connectivity index (χ0n) is 12.7. The molecule has 1 amide bonds. The van der Waals surface area contributed by atoms with Crippen LogP contribution in [0, 0.1) is 0 Å². The van der Waals surface area contributed by atoms with Crippen molar-refractivity contribution in [3.8, 4) is 0 Å². The van der Waals surface area contributed by atoms with Gasteiger partial charge in [-0.15, -0.1) is 0 Å². The molecular formula is C16H25ClN2O. The van der Waals surface area contributed by atoms with E-state index in [1.807, 2.05) is 38.1 Å². The Labute approximate surface area is 127 Å². The summed E-state index contributed by atoms with van der Waals surface area (Å²) in [6, 6.07) is 7.83. The summed E-state index contributed by atoms with van der Waals surface area (Å²) in [6.45, 7) is 8.11. The van der Waals surface area contributed by atoms with Gasteiger partial charge in [-0.3, -0.25) is 10.1 Å². The number of carbonyl (C=O) groups is 1. The van der Waals surface area contributed by atoms with Gasteiger partial charge >= 0.3 is 0 Å². The van der Waals surface area contributed by atoms with E-state index in [9.17, 15) is 4.79 Å². The fourth-order valence-corrected chi connectivity index (χ4v) is 2.24. The Bertz CT molecular complexity index is 415. The Kier molecular flexibility index (Phi) is 7.03. The predicted molar refractivity (Wildman–Crippen MR) is 85.0 cm³/mol. The average molecular weight is 297 g/mol. The van der Waals surface area contributed by atoms with Gasteiger partial charge in [0, 0.05) is 17.1 Å². The summed E-state index contributed by atoms with van der Waals surface area (Å²) in [5.41, 5.74) is 1.12. The molecule has 0 aromatic heterocycles. The maximum Gasteiger partial charge on any atom is 0.237 e. The zero-order chi connectivity index (χ0) is 15.1. The molecule has 1 unspecified atom stereocenters. The third kappa shape index (κ3) is 5.14. The quantitative estimate of drug-likeness (QED) is 0.806. The van der Waals surface area contributed by atoms with Crippen LogP contribution in [0.5, 0.6) is 0 Å². The Balaban J connectivity index is 2.54. The van der Waals surface area contributed by atoms with Crippen molar-refractivity contribution in [2.24, 2.45) is 0 Å². The van der Waals surface area contributed by atoms with Crippen molar-refractivity contribution >= 4 is 17.5 Å². The first kappa shape index (κ1) is 17.0. The molecule has 1 aromatic rings. The lowest BCUT2D eigenvalue weighted by Gasteiger charge is -2.22. The van der Waals surface area contributed by atoms with Gasteiger partial charge in [0.2, 0.25) is 5.91 Å². The summed E-state index contributed by atoms with van der Waals surface area (Å²) in [5.74, 6) is 0.0551. The molecule has 0 aliphatic carbocycles. The van der Waals surface area contributed by atoms with E-state index in [0.717, 1.165) is 23.4 Å². The van der Waals surface area contributed by atoms with E-state index in [2.05, 4.69) is 24.5 Å². The molecule has 1 aromatic carbocycles. The molecule has 0 saturated carbocycles. The third-order valence-corrected chi connectivity index (χ3v) is 3.85. The molecule has 0 saturated heterocycles. The first-order valence-electron chi connectivity index (χ1n) is 7.29. The van der Waals surface area contributed by atoms with Crippen LogP contribution in [-0.2, 0) is 4.79 Å². The fraction of sp³-hybridized carbons (Fsp3) is 0.562. The highest BCUT2D eigenvalue weighted by Gasteiger charge is 2.18. The molecule has 20 heavy (non-hydrogen) atoms. The molecule has 112 valence electrons. The molecule has 0 aliphatic rings. The summed E-state index contributed by atoms with van der Waals surface area (Å²) in [4.78, 5) is 12.1. The van der Waals surface area contributed by atoms with Gasteiger partial charge in [0.05, 0.1) is 6.04 Å². The SMILES string of the molecule is CCC(CC)NC(=O)C(C)N[C@@H](C)c1ccc(Cl)cc1. The zero-order valence-corrected chi connectivity index (χ0v) is 13.5. The minimum absolute atomic E-state index is 0.0551. The molecule has 0 radical (unpaired) electrons. The fourth-order valence-electron chi connectivity index (χ4n) is 2.12. The van der Waals surface area contributed by atoms with Crippen LogP contribution in [0.15, 0.2) is 24.3 Å². The van der Waals surface area contributed by atoms with Crippen molar-refractivity contribution in [3.05, 3.63) is 34.9 Å². The molecule has 0 spiro atoms. The van der Waals surface area contributed by atoms with E-state index in [1.165, 1.54) is 0 Å². The van der Waals surface area contributed by atoms with E-state index < -0.39 is 0 Å². The summed E-state index contributed by atoms with van der Waals surface area (Å²) in [5, 5.41) is 7.10. The van der Waals surface area contributed by atoms with E-state index in [-0.39, 0.29) is 24.0 Å². The molecule has 4 heteroatoms. The number of rotatable bonds is 7. The number of hydrogen-bond acceptors (Lipinski definition) is 2. The predicted octanol–water partition coefficient (Wildman–Crippen LogP) is 3.68. The van der Waals surface area contributed by atoms with Crippen molar-refractivity contribution in [2.45, 2.75) is 58.7 Å². The topological polar surface area (TPSA) is 41.1 Å². The van der Waals surface area contributed by atoms with Gasteiger partial charge in [0.25, 0.3) is 0 Å². The first-order valence-corrected chi connectivity index (χ1v) is 7.67. The lowest BCUT2D eigenvalue weighted by molar-refractivity contribution is -0.123. The lowest BCUT2D eigenvalue weighted by Crippen LogP contribution is -2.46. The smallest absolute Gasteiger partial charge is 0.237 e. The van der Waals surface area contributed by atoms with Crippen molar-refractivity contribution in [3.63, 3.8) is 0 Å². The second kappa shape index (κ2) is 8.28. The van der Waals surface area contributed by atoms with Crippen LogP contribution in [0.2, 0.25) is 5.02 Å². The number of hydrogen-bond donors (Lipinski definition) is 2. The molecule has 0 aliphatic heterocycles. The van der Waals surface area contributed by atoms with Gasteiger partial charge in [-0.05, 0) is 44.4 Å². The number of nitrogens with one attached hydrogen (secondary N) is 2. The standard InChI is InChI=1S/C16H25ClN2O/c1-5-15(6-2)19-16(20)12(4)18-11(3)13-7-9-14(17)10-8-13/h7-12,15,18H,5-6H2,1-4H3,(H,19,20)/t11-,12?/m0/s1. The highest BCUT2D eigenvalue weighted by atomic mass is 35.5. The van der Waals surface area contributed by atoms with E-state index >= 15 is 0 Å². The van der Waals surface area contributed by atoms with Gasteiger partial charge in [-0.1, -0.05) is 37.6 Å². The van der Waals surface area contributed by atoms with Crippen LogP contribution < -0.4 is 10.6 Å². The van der Waals surface area contributed by atoms with Crippen LogP contribution in [0.4, 0.5) is 0 Å². The first-order chi connectivity index (χ1) is 9.47. The van der Waals surface area contributed by atoms with Crippen LogP contribution >= 0.6 is 11.6 Å². The second-order valence-corrected chi connectivity index (χ2v) is 5.62. The lowest BCUT2D eigenvalue weighted by atomic mass is 10.1. The van der Waals surface area contributed by atoms with Crippen LogP contribution in [0.25, 0.3) is 0 Å². The maximum absolute atomic E-state index is 12.1. The van der Waals surface area contributed by atoms with Crippen LogP contribution in [0.3, 0.4) is 0 Å². The molecule has 0 bridgehead atoms. The number of benzene rings is 1. The summed E-state index contributed by atoms with van der Waals surface area (Å²) < 4.78 is 0. The highest BCUT2D eigenvalue weighted by molar-refractivity contribution is 6.30. The van der Waals surface area contributed by atoms with Gasteiger partial charge in [-0.2, -0.15) is 0 Å². The van der Waals surface area contributed by atoms with E-state index in [0.29, 0.717) is 0 Å². The largest absolute Gasteiger partial charge is 0.352 e.